The number of rotatable bonds is 7. The number of carbonyl (C=O) groups is 4. The van der Waals surface area contributed by atoms with Crippen LogP contribution in [0.2, 0.25) is 10.0 Å². The first kappa shape index (κ1) is 23.5. The second-order valence-electron chi connectivity index (χ2n) is 5.69. The lowest BCUT2D eigenvalue weighted by atomic mass is 10.2. The van der Waals surface area contributed by atoms with Crippen LogP contribution >= 0.6 is 35.0 Å². The van der Waals surface area contributed by atoms with E-state index in [9.17, 15) is 19.2 Å². The molecule has 0 aliphatic heterocycles. The van der Waals surface area contributed by atoms with Crippen molar-refractivity contribution in [3.8, 4) is 0 Å². The summed E-state index contributed by atoms with van der Waals surface area (Å²) in [7, 11) is 1.35. The van der Waals surface area contributed by atoms with Gasteiger partial charge >= 0.3 is 12.0 Å². The minimum atomic E-state index is -0.771. The fraction of sp³-hybridized carbons (Fsp3) is 0.158. The van der Waals surface area contributed by atoms with Crippen LogP contribution in [0.5, 0.6) is 0 Å². The average Bonchev–Trinajstić information content (AvgIpc) is 2.69. The third-order valence-electron chi connectivity index (χ3n) is 3.43. The molecular weight excluding hydrogens is 453 g/mol. The summed E-state index contributed by atoms with van der Waals surface area (Å²) < 4.78 is 4.93. The molecule has 2 rings (SSSR count). The van der Waals surface area contributed by atoms with Gasteiger partial charge in [-0.2, -0.15) is 0 Å². The van der Waals surface area contributed by atoms with Crippen molar-refractivity contribution in [2.75, 3.05) is 24.7 Å². The molecule has 30 heavy (non-hydrogen) atoms. The number of benzene rings is 2. The molecule has 0 bridgehead atoms. The summed E-state index contributed by atoms with van der Waals surface area (Å²) in [5, 5.41) is 7.63. The number of anilines is 1. The van der Waals surface area contributed by atoms with Crippen molar-refractivity contribution in [2.45, 2.75) is 4.90 Å². The van der Waals surface area contributed by atoms with Gasteiger partial charge in [0.05, 0.1) is 11.3 Å². The highest BCUT2D eigenvalue weighted by atomic mass is 35.5. The number of amides is 4. The van der Waals surface area contributed by atoms with E-state index in [1.165, 1.54) is 13.1 Å². The van der Waals surface area contributed by atoms with Crippen molar-refractivity contribution in [1.82, 2.24) is 10.6 Å². The van der Waals surface area contributed by atoms with Gasteiger partial charge in [0.2, 0.25) is 5.91 Å². The first-order chi connectivity index (χ1) is 14.3. The van der Waals surface area contributed by atoms with E-state index in [1.807, 2.05) is 5.32 Å². The third-order valence-corrected chi connectivity index (χ3v) is 4.94. The average molecular weight is 470 g/mol. The van der Waals surface area contributed by atoms with Crippen molar-refractivity contribution < 1.29 is 23.9 Å². The molecule has 0 atom stereocenters. The molecule has 0 aliphatic carbocycles. The maximum absolute atomic E-state index is 12.3. The van der Waals surface area contributed by atoms with Crippen molar-refractivity contribution in [3.63, 3.8) is 0 Å². The SMILES string of the molecule is CNC(=O)NC(=O)COC(=O)c1ccccc1SCC(=O)Nc1cc(Cl)cc(Cl)c1. The Morgan fingerprint density at radius 1 is 1.00 bits per heavy atom. The molecular formula is C19H17Cl2N3O5S. The molecule has 4 amide bonds. The highest BCUT2D eigenvalue weighted by Gasteiger charge is 2.16. The molecule has 0 fully saturated rings. The van der Waals surface area contributed by atoms with E-state index in [2.05, 4.69) is 10.6 Å². The van der Waals surface area contributed by atoms with Crippen LogP contribution in [0.25, 0.3) is 0 Å². The minimum absolute atomic E-state index is 0.00554. The molecule has 0 unspecified atom stereocenters. The fourth-order valence-corrected chi connectivity index (χ4v) is 3.53. The van der Waals surface area contributed by atoms with Gasteiger partial charge in [0.1, 0.15) is 0 Å². The van der Waals surface area contributed by atoms with E-state index >= 15 is 0 Å². The van der Waals surface area contributed by atoms with Crippen LogP contribution in [-0.2, 0) is 14.3 Å². The maximum atomic E-state index is 12.3. The van der Waals surface area contributed by atoms with Gasteiger partial charge in [-0.15, -0.1) is 11.8 Å². The van der Waals surface area contributed by atoms with Crippen molar-refractivity contribution >= 4 is 64.5 Å². The number of urea groups is 1. The number of nitrogens with one attached hydrogen (secondary N) is 3. The van der Waals surface area contributed by atoms with Crippen molar-refractivity contribution in [1.29, 1.82) is 0 Å². The third kappa shape index (κ3) is 7.58. The summed E-state index contributed by atoms with van der Waals surface area (Å²) >= 11 is 12.9. The summed E-state index contributed by atoms with van der Waals surface area (Å²) in [6.07, 6.45) is 0. The Morgan fingerprint density at radius 3 is 2.33 bits per heavy atom. The molecule has 2 aromatic rings. The van der Waals surface area contributed by atoms with Gasteiger partial charge in [-0.25, -0.2) is 9.59 Å². The lowest BCUT2D eigenvalue weighted by Gasteiger charge is -2.10. The largest absolute Gasteiger partial charge is 0.452 e. The zero-order chi connectivity index (χ0) is 22.1. The zero-order valence-corrected chi connectivity index (χ0v) is 18.0. The van der Waals surface area contributed by atoms with Gasteiger partial charge in [0, 0.05) is 27.7 Å². The van der Waals surface area contributed by atoms with E-state index in [-0.39, 0.29) is 17.2 Å². The number of hydrogen-bond donors (Lipinski definition) is 3. The first-order valence-electron chi connectivity index (χ1n) is 8.45. The van der Waals surface area contributed by atoms with E-state index < -0.39 is 24.5 Å². The van der Waals surface area contributed by atoms with Crippen LogP contribution in [0.1, 0.15) is 10.4 Å². The lowest BCUT2D eigenvalue weighted by Crippen LogP contribution is -2.39. The Morgan fingerprint density at radius 2 is 1.67 bits per heavy atom. The number of ether oxygens (including phenoxy) is 1. The van der Waals surface area contributed by atoms with Gasteiger partial charge in [0.25, 0.3) is 5.91 Å². The van der Waals surface area contributed by atoms with Crippen LogP contribution in [0.4, 0.5) is 10.5 Å². The Labute approximate surface area is 186 Å². The number of carbonyl (C=O) groups excluding carboxylic acids is 4. The van der Waals surface area contributed by atoms with Crippen LogP contribution < -0.4 is 16.0 Å². The fourth-order valence-electron chi connectivity index (χ4n) is 2.16. The molecule has 0 radical (unpaired) electrons. The van der Waals surface area contributed by atoms with Crippen LogP contribution in [-0.4, -0.2) is 43.2 Å². The zero-order valence-electron chi connectivity index (χ0n) is 15.7. The lowest BCUT2D eigenvalue weighted by molar-refractivity contribution is -0.123. The minimum Gasteiger partial charge on any atom is -0.452 e. The van der Waals surface area contributed by atoms with Gasteiger partial charge in [0.15, 0.2) is 6.61 Å². The molecule has 0 heterocycles. The second-order valence-corrected chi connectivity index (χ2v) is 7.58. The van der Waals surface area contributed by atoms with E-state index in [4.69, 9.17) is 27.9 Å². The Bertz CT molecular complexity index is 951. The summed E-state index contributed by atoms with van der Waals surface area (Å²) in [5.74, 6) is -1.85. The molecule has 0 aromatic heterocycles. The van der Waals surface area contributed by atoms with Gasteiger partial charge in [-0.3, -0.25) is 14.9 Å². The Hall–Kier alpha value is -2.75. The number of imide groups is 1. The Kier molecular flexibility index (Phi) is 8.97. The normalized spacial score (nSPS) is 10.1. The molecule has 0 saturated carbocycles. The maximum Gasteiger partial charge on any atom is 0.339 e. The first-order valence-corrected chi connectivity index (χ1v) is 10.2. The number of thioether (sulfide) groups is 1. The molecule has 11 heteroatoms. The summed E-state index contributed by atoms with van der Waals surface area (Å²) in [4.78, 5) is 47.6. The van der Waals surface area contributed by atoms with Gasteiger partial charge in [-0.05, 0) is 30.3 Å². The smallest absolute Gasteiger partial charge is 0.339 e. The second kappa shape index (κ2) is 11.4. The topological polar surface area (TPSA) is 114 Å². The van der Waals surface area contributed by atoms with E-state index in [1.54, 1.807) is 36.4 Å². The Balaban J connectivity index is 1.94. The quantitative estimate of drug-likeness (QED) is 0.423. The summed E-state index contributed by atoms with van der Waals surface area (Å²) in [5.41, 5.74) is 0.641. The highest BCUT2D eigenvalue weighted by Crippen LogP contribution is 2.25. The standard InChI is InChI=1S/C19H17Cl2N3O5S/c1-22-19(28)24-16(25)9-29-18(27)14-4-2-3-5-15(14)30-10-17(26)23-13-7-11(20)6-12(21)8-13/h2-8H,9-10H2,1H3,(H,23,26)(H2,22,24,25,28). The highest BCUT2D eigenvalue weighted by molar-refractivity contribution is 8.00. The van der Waals surface area contributed by atoms with Crippen LogP contribution in [0, 0.1) is 0 Å². The molecule has 3 N–H and O–H groups in total. The predicted octanol–water partition coefficient (Wildman–Crippen LogP) is 3.34. The summed E-state index contributed by atoms with van der Waals surface area (Å²) in [6, 6.07) is 10.4. The van der Waals surface area contributed by atoms with E-state index in [0.717, 1.165) is 11.8 Å². The van der Waals surface area contributed by atoms with E-state index in [0.29, 0.717) is 20.6 Å². The molecule has 8 nitrogen and oxygen atoms in total. The predicted molar refractivity (Wildman–Crippen MR) is 115 cm³/mol. The molecule has 2 aromatic carbocycles. The molecule has 0 saturated heterocycles. The van der Waals surface area contributed by atoms with Crippen molar-refractivity contribution in [2.24, 2.45) is 0 Å². The molecule has 158 valence electrons. The number of halogens is 2. The van der Waals surface area contributed by atoms with Gasteiger partial charge in [-0.1, -0.05) is 35.3 Å². The number of esters is 1. The van der Waals surface area contributed by atoms with Crippen molar-refractivity contribution in [3.05, 3.63) is 58.1 Å². The summed E-state index contributed by atoms with van der Waals surface area (Å²) in [6.45, 7) is -0.624. The molecule has 0 spiro atoms. The molecule has 0 aliphatic rings. The van der Waals surface area contributed by atoms with Crippen LogP contribution in [0.3, 0.4) is 0 Å². The van der Waals surface area contributed by atoms with Crippen LogP contribution in [0.15, 0.2) is 47.4 Å². The number of hydrogen-bond acceptors (Lipinski definition) is 6. The monoisotopic (exact) mass is 469 g/mol. The van der Waals surface area contributed by atoms with Gasteiger partial charge < -0.3 is 15.4 Å².